The largest absolute Gasteiger partial charge is 0.361 e. The molecule has 0 unspecified atom stereocenters. The maximum absolute atomic E-state index is 12.4. The molecule has 0 saturated carbocycles. The normalized spacial score (nSPS) is 11.3. The van der Waals surface area contributed by atoms with E-state index in [-0.39, 0.29) is 11.7 Å². The molecular weight excluding hydrogens is 444 g/mol. The highest BCUT2D eigenvalue weighted by atomic mass is 32.2. The van der Waals surface area contributed by atoms with Gasteiger partial charge in [0.15, 0.2) is 11.0 Å². The molecule has 1 aromatic carbocycles. The molecule has 0 aliphatic rings. The van der Waals surface area contributed by atoms with Gasteiger partial charge in [0.2, 0.25) is 5.91 Å². The Morgan fingerprint density at radius 2 is 1.97 bits per heavy atom. The van der Waals surface area contributed by atoms with E-state index in [2.05, 4.69) is 39.5 Å². The molecule has 3 heterocycles. The Hall–Kier alpha value is -2.98. The van der Waals surface area contributed by atoms with Crippen molar-refractivity contribution in [3.8, 4) is 21.4 Å². The Balaban J connectivity index is 1.42. The van der Waals surface area contributed by atoms with Gasteiger partial charge in [-0.05, 0) is 37.5 Å². The third-order valence-corrected chi connectivity index (χ3v) is 7.07. The van der Waals surface area contributed by atoms with Crippen LogP contribution in [-0.4, -0.2) is 36.6 Å². The minimum atomic E-state index is -0.0884. The van der Waals surface area contributed by atoms with E-state index in [9.17, 15) is 4.79 Å². The average Bonchev–Trinajstić information content (AvgIpc) is 3.45. The lowest BCUT2D eigenvalue weighted by Gasteiger charge is -2.08. The molecule has 1 amide bonds. The predicted octanol–water partition coefficient (Wildman–Crippen LogP) is 5.06. The van der Waals surface area contributed by atoms with Crippen LogP contribution in [0.4, 0.5) is 5.69 Å². The second-order valence-electron chi connectivity index (χ2n) is 7.74. The molecule has 32 heavy (non-hydrogen) atoms. The molecular formula is C22H24N6O2S2. The smallest absolute Gasteiger partial charge is 0.234 e. The molecule has 1 N–H and O–H groups in total. The number of hydrogen-bond donors (Lipinski definition) is 1. The van der Waals surface area contributed by atoms with Crippen molar-refractivity contribution >= 4 is 34.7 Å². The Bertz CT molecular complexity index is 1240. The van der Waals surface area contributed by atoms with Gasteiger partial charge >= 0.3 is 0 Å². The van der Waals surface area contributed by atoms with E-state index in [1.165, 1.54) is 28.7 Å². The number of carbonyl (C=O) groups is 1. The number of aromatic nitrogens is 5. The summed E-state index contributed by atoms with van der Waals surface area (Å²) >= 11 is 2.83. The maximum Gasteiger partial charge on any atom is 0.234 e. The molecule has 0 saturated heterocycles. The first kappa shape index (κ1) is 22.2. The van der Waals surface area contributed by atoms with E-state index in [1.54, 1.807) is 0 Å². The van der Waals surface area contributed by atoms with Gasteiger partial charge in [0.1, 0.15) is 16.5 Å². The van der Waals surface area contributed by atoms with E-state index in [0.717, 1.165) is 27.0 Å². The standard InChI is InChI=1S/C22H24N6O2S2/c1-12(2)15-6-8-16(9-7-15)24-18(29)11-31-22-26-25-20(28(22)5)19-14(4)23-21(32-19)17-10-13(3)30-27-17/h6-10,12H,11H2,1-5H3,(H,24,29). The van der Waals surface area contributed by atoms with Crippen LogP contribution in [0.5, 0.6) is 0 Å². The number of thioether (sulfide) groups is 1. The number of nitrogens with one attached hydrogen (secondary N) is 1. The number of anilines is 1. The number of amides is 1. The monoisotopic (exact) mass is 468 g/mol. The van der Waals surface area contributed by atoms with Crippen LogP contribution in [0, 0.1) is 13.8 Å². The molecule has 166 valence electrons. The van der Waals surface area contributed by atoms with Crippen molar-refractivity contribution in [3.05, 3.63) is 47.3 Å². The summed E-state index contributed by atoms with van der Waals surface area (Å²) in [5.41, 5.74) is 3.58. The molecule has 0 aliphatic heterocycles. The van der Waals surface area contributed by atoms with Crippen LogP contribution < -0.4 is 5.32 Å². The lowest BCUT2D eigenvalue weighted by molar-refractivity contribution is -0.113. The van der Waals surface area contributed by atoms with Gasteiger partial charge in [0.25, 0.3) is 0 Å². The summed E-state index contributed by atoms with van der Waals surface area (Å²) in [6.45, 7) is 8.06. The van der Waals surface area contributed by atoms with Gasteiger partial charge in [-0.25, -0.2) is 4.98 Å². The Kier molecular flexibility index (Phi) is 6.43. The van der Waals surface area contributed by atoms with Gasteiger partial charge in [-0.15, -0.1) is 21.5 Å². The van der Waals surface area contributed by atoms with Gasteiger partial charge in [0, 0.05) is 18.8 Å². The molecule has 0 fully saturated rings. The van der Waals surface area contributed by atoms with Crippen molar-refractivity contribution in [1.82, 2.24) is 24.9 Å². The van der Waals surface area contributed by atoms with Crippen LogP contribution in [0.15, 0.2) is 40.0 Å². The first-order valence-electron chi connectivity index (χ1n) is 10.1. The molecule has 0 bridgehead atoms. The minimum absolute atomic E-state index is 0.0884. The average molecular weight is 469 g/mol. The molecule has 3 aromatic heterocycles. The summed E-state index contributed by atoms with van der Waals surface area (Å²) in [4.78, 5) is 17.9. The summed E-state index contributed by atoms with van der Waals surface area (Å²) in [7, 11) is 1.89. The summed E-state index contributed by atoms with van der Waals surface area (Å²) < 4.78 is 7.04. The highest BCUT2D eigenvalue weighted by molar-refractivity contribution is 7.99. The fraction of sp³-hybridized carbons (Fsp3) is 0.318. The molecule has 0 atom stereocenters. The van der Waals surface area contributed by atoms with Gasteiger partial charge in [-0.3, -0.25) is 4.79 Å². The Morgan fingerprint density at radius 1 is 1.22 bits per heavy atom. The van der Waals surface area contributed by atoms with Crippen LogP contribution in [0.3, 0.4) is 0 Å². The highest BCUT2D eigenvalue weighted by Gasteiger charge is 2.20. The molecule has 0 radical (unpaired) electrons. The second kappa shape index (κ2) is 9.25. The third-order valence-electron chi connectivity index (χ3n) is 4.88. The van der Waals surface area contributed by atoms with E-state index in [4.69, 9.17) is 4.52 Å². The molecule has 4 rings (SSSR count). The van der Waals surface area contributed by atoms with E-state index in [0.29, 0.717) is 22.6 Å². The minimum Gasteiger partial charge on any atom is -0.361 e. The highest BCUT2D eigenvalue weighted by Crippen LogP contribution is 2.35. The number of nitrogens with zero attached hydrogens (tertiary/aromatic N) is 5. The zero-order valence-corrected chi connectivity index (χ0v) is 20.2. The van der Waals surface area contributed by atoms with Crippen molar-refractivity contribution in [3.63, 3.8) is 0 Å². The SMILES string of the molecule is Cc1cc(-c2nc(C)c(-c3nnc(SCC(=O)Nc4ccc(C(C)C)cc4)n3C)s2)no1. The summed E-state index contributed by atoms with van der Waals surface area (Å²) in [6.07, 6.45) is 0. The van der Waals surface area contributed by atoms with Crippen LogP contribution in [-0.2, 0) is 11.8 Å². The van der Waals surface area contributed by atoms with Crippen molar-refractivity contribution in [2.75, 3.05) is 11.1 Å². The quantitative estimate of drug-likeness (QED) is 0.378. The Morgan fingerprint density at radius 3 is 2.62 bits per heavy atom. The van der Waals surface area contributed by atoms with E-state index >= 15 is 0 Å². The summed E-state index contributed by atoms with van der Waals surface area (Å²) in [5, 5.41) is 17.0. The van der Waals surface area contributed by atoms with Crippen LogP contribution in [0.1, 0.15) is 36.8 Å². The first-order chi connectivity index (χ1) is 15.3. The topological polar surface area (TPSA) is 98.7 Å². The van der Waals surface area contributed by atoms with Gasteiger partial charge in [-0.2, -0.15) is 0 Å². The number of thiazole rings is 1. The number of carbonyl (C=O) groups excluding carboxylic acids is 1. The van der Waals surface area contributed by atoms with Gasteiger partial charge in [-0.1, -0.05) is 42.9 Å². The van der Waals surface area contributed by atoms with Crippen molar-refractivity contribution < 1.29 is 9.32 Å². The molecule has 0 spiro atoms. The molecule has 10 heteroatoms. The number of benzene rings is 1. The van der Waals surface area contributed by atoms with Gasteiger partial charge in [0.05, 0.1) is 16.3 Å². The number of aryl methyl sites for hydroxylation is 2. The lowest BCUT2D eigenvalue weighted by Crippen LogP contribution is -2.14. The molecule has 4 aromatic rings. The summed E-state index contributed by atoms with van der Waals surface area (Å²) in [5.74, 6) is 2.05. The van der Waals surface area contributed by atoms with Crippen molar-refractivity contribution in [2.45, 2.75) is 38.8 Å². The second-order valence-corrected chi connectivity index (χ2v) is 9.68. The van der Waals surface area contributed by atoms with Crippen molar-refractivity contribution in [1.29, 1.82) is 0 Å². The van der Waals surface area contributed by atoms with Gasteiger partial charge < -0.3 is 14.4 Å². The maximum atomic E-state index is 12.4. The molecule has 8 nitrogen and oxygen atoms in total. The first-order valence-corrected chi connectivity index (χ1v) is 12.0. The van der Waals surface area contributed by atoms with E-state index < -0.39 is 0 Å². The zero-order valence-electron chi connectivity index (χ0n) is 18.5. The van der Waals surface area contributed by atoms with Crippen LogP contribution >= 0.6 is 23.1 Å². The zero-order chi connectivity index (χ0) is 22.8. The number of hydrogen-bond acceptors (Lipinski definition) is 8. The molecule has 0 aliphatic carbocycles. The van der Waals surface area contributed by atoms with Crippen LogP contribution in [0.2, 0.25) is 0 Å². The Labute approximate surface area is 194 Å². The predicted molar refractivity (Wildman–Crippen MR) is 127 cm³/mol. The third kappa shape index (κ3) is 4.76. The van der Waals surface area contributed by atoms with Crippen molar-refractivity contribution in [2.24, 2.45) is 7.05 Å². The fourth-order valence-electron chi connectivity index (χ4n) is 3.10. The van der Waals surface area contributed by atoms with E-state index in [1.807, 2.05) is 55.8 Å². The summed E-state index contributed by atoms with van der Waals surface area (Å²) in [6, 6.07) is 9.79. The lowest BCUT2D eigenvalue weighted by atomic mass is 10.0. The number of rotatable bonds is 7. The van der Waals surface area contributed by atoms with Crippen LogP contribution in [0.25, 0.3) is 21.4 Å². The fourth-order valence-corrected chi connectivity index (χ4v) is 4.85.